The summed E-state index contributed by atoms with van der Waals surface area (Å²) in [5.74, 6) is -0.816. The van der Waals surface area contributed by atoms with Crippen molar-refractivity contribution >= 4 is 21.9 Å². The Morgan fingerprint density at radius 3 is 2.24 bits per heavy atom. The van der Waals surface area contributed by atoms with Crippen LogP contribution in [0.25, 0.3) is 0 Å². The Morgan fingerprint density at radius 1 is 1.35 bits per heavy atom. The van der Waals surface area contributed by atoms with Crippen LogP contribution in [0, 0.1) is 0 Å². The number of halogens is 1. The minimum Gasteiger partial charge on any atom is -0.480 e. The summed E-state index contributed by atoms with van der Waals surface area (Å²) in [7, 11) is 1.83. The van der Waals surface area contributed by atoms with Crippen molar-refractivity contribution in [3.05, 3.63) is 34.3 Å². The second-order valence-electron chi connectivity index (χ2n) is 4.70. The van der Waals surface area contributed by atoms with Crippen LogP contribution >= 0.6 is 15.9 Å². The van der Waals surface area contributed by atoms with Gasteiger partial charge in [0.2, 0.25) is 0 Å². The maximum Gasteiger partial charge on any atom is 0.323 e. The van der Waals surface area contributed by atoms with E-state index < -0.39 is 11.5 Å². The van der Waals surface area contributed by atoms with Crippen LogP contribution in [0.3, 0.4) is 0 Å². The van der Waals surface area contributed by atoms with Gasteiger partial charge in [0.05, 0.1) is 0 Å². The molecular formula is C13H18BrNO2. The van der Waals surface area contributed by atoms with Gasteiger partial charge in [-0.15, -0.1) is 0 Å². The predicted molar refractivity (Wildman–Crippen MR) is 72.0 cm³/mol. The number of hydrogen-bond donors (Lipinski definition) is 1. The summed E-state index contributed by atoms with van der Waals surface area (Å²) >= 11 is 3.39. The Kier molecular flexibility index (Phi) is 4.33. The summed E-state index contributed by atoms with van der Waals surface area (Å²) in [5.41, 5.74) is 0.219. The van der Waals surface area contributed by atoms with Gasteiger partial charge in [0.15, 0.2) is 0 Å². The van der Waals surface area contributed by atoms with E-state index in [1.54, 1.807) is 13.8 Å². The largest absolute Gasteiger partial charge is 0.480 e. The topological polar surface area (TPSA) is 40.5 Å². The van der Waals surface area contributed by atoms with Crippen LogP contribution in [-0.2, 0) is 4.79 Å². The first kappa shape index (κ1) is 14.2. The summed E-state index contributed by atoms with van der Waals surface area (Å²) in [6, 6.07) is 7.99. The van der Waals surface area contributed by atoms with Crippen molar-refractivity contribution in [3.8, 4) is 0 Å². The van der Waals surface area contributed by atoms with E-state index in [-0.39, 0.29) is 6.04 Å². The molecule has 0 bridgehead atoms. The molecule has 0 aliphatic carbocycles. The van der Waals surface area contributed by atoms with Crippen molar-refractivity contribution in [3.63, 3.8) is 0 Å². The molecule has 1 aromatic carbocycles. The molecule has 1 aromatic rings. The first-order chi connectivity index (χ1) is 7.76. The van der Waals surface area contributed by atoms with Crippen LogP contribution in [-0.4, -0.2) is 28.6 Å². The summed E-state index contributed by atoms with van der Waals surface area (Å²) < 4.78 is 1.02. The van der Waals surface area contributed by atoms with Crippen molar-refractivity contribution in [2.45, 2.75) is 32.4 Å². The lowest BCUT2D eigenvalue weighted by Crippen LogP contribution is -2.48. The van der Waals surface area contributed by atoms with Crippen molar-refractivity contribution in [1.29, 1.82) is 0 Å². The molecule has 1 N–H and O–H groups in total. The van der Waals surface area contributed by atoms with Gasteiger partial charge in [0.1, 0.15) is 5.54 Å². The molecule has 17 heavy (non-hydrogen) atoms. The maximum absolute atomic E-state index is 11.2. The minimum atomic E-state index is -0.882. The van der Waals surface area contributed by atoms with E-state index in [0.717, 1.165) is 10.0 Å². The highest BCUT2D eigenvalue weighted by Gasteiger charge is 2.35. The van der Waals surface area contributed by atoms with Crippen LogP contribution in [0.2, 0.25) is 0 Å². The standard InChI is InChI=1S/C13H18BrNO2/c1-9(10-5-7-11(14)8-6-10)15(4)13(2,3)12(16)17/h5-9H,1-4H3,(H,16,17). The fourth-order valence-corrected chi connectivity index (χ4v) is 1.86. The number of aliphatic carboxylic acids is 1. The highest BCUT2D eigenvalue weighted by molar-refractivity contribution is 9.10. The fraction of sp³-hybridized carbons (Fsp3) is 0.462. The lowest BCUT2D eigenvalue weighted by atomic mass is 9.98. The Labute approximate surface area is 111 Å². The van der Waals surface area contributed by atoms with E-state index in [1.807, 2.05) is 43.1 Å². The molecule has 1 unspecified atom stereocenters. The van der Waals surface area contributed by atoms with Crippen LogP contribution < -0.4 is 0 Å². The van der Waals surface area contributed by atoms with Crippen LogP contribution in [0.5, 0.6) is 0 Å². The third kappa shape index (κ3) is 3.07. The van der Waals surface area contributed by atoms with E-state index in [4.69, 9.17) is 0 Å². The molecule has 0 aliphatic heterocycles. The lowest BCUT2D eigenvalue weighted by Gasteiger charge is -2.36. The van der Waals surface area contributed by atoms with Gasteiger partial charge in [-0.3, -0.25) is 9.69 Å². The number of carbonyl (C=O) groups is 1. The number of hydrogen-bond acceptors (Lipinski definition) is 2. The van der Waals surface area contributed by atoms with Gasteiger partial charge in [-0.05, 0) is 45.5 Å². The normalized spacial score (nSPS) is 13.8. The summed E-state index contributed by atoms with van der Waals surface area (Å²) in [6.07, 6.45) is 0. The molecule has 0 saturated heterocycles. The highest BCUT2D eigenvalue weighted by Crippen LogP contribution is 2.27. The lowest BCUT2D eigenvalue weighted by molar-refractivity contribution is -0.149. The van der Waals surface area contributed by atoms with E-state index in [0.29, 0.717) is 0 Å². The zero-order valence-electron chi connectivity index (χ0n) is 10.6. The SMILES string of the molecule is CC(c1ccc(Br)cc1)N(C)C(C)(C)C(=O)O. The zero-order chi connectivity index (χ0) is 13.2. The molecular weight excluding hydrogens is 282 g/mol. The Bertz CT molecular complexity index is 400. The summed E-state index contributed by atoms with van der Waals surface area (Å²) in [4.78, 5) is 13.1. The van der Waals surface area contributed by atoms with Gasteiger partial charge in [-0.2, -0.15) is 0 Å². The van der Waals surface area contributed by atoms with Crippen molar-refractivity contribution in [1.82, 2.24) is 4.90 Å². The number of benzene rings is 1. The third-order valence-corrected chi connectivity index (χ3v) is 3.87. The number of likely N-dealkylation sites (N-methyl/N-ethyl adjacent to an activating group) is 1. The van der Waals surface area contributed by atoms with E-state index in [9.17, 15) is 9.90 Å². The molecule has 0 aliphatic rings. The van der Waals surface area contributed by atoms with Gasteiger partial charge in [-0.25, -0.2) is 0 Å². The molecule has 0 aromatic heterocycles. The number of carboxylic acids is 1. The molecule has 0 heterocycles. The average Bonchev–Trinajstić information content (AvgIpc) is 2.27. The number of nitrogens with zero attached hydrogens (tertiary/aromatic N) is 1. The second kappa shape index (κ2) is 5.19. The molecule has 1 rings (SSSR count). The van der Waals surface area contributed by atoms with Crippen LogP contribution in [0.15, 0.2) is 28.7 Å². The first-order valence-electron chi connectivity index (χ1n) is 5.48. The third-order valence-electron chi connectivity index (χ3n) is 3.34. The minimum absolute atomic E-state index is 0.0502. The first-order valence-corrected chi connectivity index (χ1v) is 6.28. The smallest absolute Gasteiger partial charge is 0.323 e. The quantitative estimate of drug-likeness (QED) is 0.927. The molecule has 0 saturated carbocycles. The monoisotopic (exact) mass is 299 g/mol. The van der Waals surface area contributed by atoms with Gasteiger partial charge in [0.25, 0.3) is 0 Å². The highest BCUT2D eigenvalue weighted by atomic mass is 79.9. The van der Waals surface area contributed by atoms with Crippen LogP contribution in [0.1, 0.15) is 32.4 Å². The molecule has 0 radical (unpaired) electrons. The number of rotatable bonds is 4. The Morgan fingerprint density at radius 2 is 1.82 bits per heavy atom. The van der Waals surface area contributed by atoms with E-state index in [2.05, 4.69) is 15.9 Å². The van der Waals surface area contributed by atoms with Gasteiger partial charge >= 0.3 is 5.97 Å². The van der Waals surface area contributed by atoms with Gasteiger partial charge in [0, 0.05) is 10.5 Å². The maximum atomic E-state index is 11.2. The predicted octanol–water partition coefficient (Wildman–Crippen LogP) is 3.31. The van der Waals surface area contributed by atoms with Gasteiger partial charge in [-0.1, -0.05) is 28.1 Å². The second-order valence-corrected chi connectivity index (χ2v) is 5.62. The molecule has 94 valence electrons. The van der Waals surface area contributed by atoms with Crippen molar-refractivity contribution < 1.29 is 9.90 Å². The van der Waals surface area contributed by atoms with E-state index in [1.165, 1.54) is 0 Å². The summed E-state index contributed by atoms with van der Waals surface area (Å²) in [6.45, 7) is 5.43. The van der Waals surface area contributed by atoms with Crippen molar-refractivity contribution in [2.75, 3.05) is 7.05 Å². The van der Waals surface area contributed by atoms with Crippen LogP contribution in [0.4, 0.5) is 0 Å². The molecule has 0 spiro atoms. The van der Waals surface area contributed by atoms with Gasteiger partial charge < -0.3 is 5.11 Å². The fourth-order valence-electron chi connectivity index (χ4n) is 1.60. The molecule has 4 heteroatoms. The Hall–Kier alpha value is -0.870. The Balaban J connectivity index is 2.93. The molecule has 0 amide bonds. The molecule has 1 atom stereocenters. The average molecular weight is 300 g/mol. The van der Waals surface area contributed by atoms with E-state index >= 15 is 0 Å². The number of carboxylic acid groups (broad SMARTS) is 1. The summed E-state index contributed by atoms with van der Waals surface area (Å²) in [5, 5.41) is 9.20. The molecule has 3 nitrogen and oxygen atoms in total. The van der Waals surface area contributed by atoms with Crippen molar-refractivity contribution in [2.24, 2.45) is 0 Å². The molecule has 0 fully saturated rings. The zero-order valence-corrected chi connectivity index (χ0v) is 12.2.